The van der Waals surface area contributed by atoms with E-state index in [1.807, 2.05) is 35.3 Å². The van der Waals surface area contributed by atoms with Crippen LogP contribution in [-0.2, 0) is 0 Å². The highest BCUT2D eigenvalue weighted by Crippen LogP contribution is 2.20. The molecule has 0 saturated carbocycles. The average molecular weight is 332 g/mol. The van der Waals surface area contributed by atoms with Gasteiger partial charge in [-0.1, -0.05) is 41.3 Å². The maximum atomic E-state index is 11.5. The number of nitrogens with zero attached hydrogens (tertiary/aromatic N) is 3. The quantitative estimate of drug-likeness (QED) is 0.688. The van der Waals surface area contributed by atoms with Crippen LogP contribution in [0.5, 0.6) is 0 Å². The van der Waals surface area contributed by atoms with Gasteiger partial charge in [0.05, 0.1) is 11.1 Å². The van der Waals surface area contributed by atoms with Gasteiger partial charge in [0.2, 0.25) is 5.91 Å². The van der Waals surface area contributed by atoms with Crippen LogP contribution in [0.2, 0.25) is 0 Å². The van der Waals surface area contributed by atoms with Crippen molar-refractivity contribution in [2.75, 3.05) is 13.1 Å². The molecule has 0 aromatic heterocycles. The van der Waals surface area contributed by atoms with Crippen LogP contribution in [0.15, 0.2) is 58.9 Å². The van der Waals surface area contributed by atoms with Gasteiger partial charge in [-0.05, 0) is 43.5 Å². The maximum Gasteiger partial charge on any atom is 0.249 e. The fraction of sp³-hybridized carbons (Fsp3) is 0.250. The number of carbonyl (C=O) groups excluding carboxylic acids is 1. The normalized spacial score (nSPS) is 14.2. The van der Waals surface area contributed by atoms with E-state index < -0.39 is 5.91 Å². The van der Waals surface area contributed by atoms with Crippen molar-refractivity contribution >= 4 is 11.6 Å². The van der Waals surface area contributed by atoms with Crippen molar-refractivity contribution in [2.24, 2.45) is 16.1 Å². The second-order valence-corrected chi connectivity index (χ2v) is 5.88. The van der Waals surface area contributed by atoms with E-state index in [1.54, 1.807) is 18.2 Å². The number of nitrogens with two attached hydrogens (primary N) is 1. The van der Waals surface area contributed by atoms with Gasteiger partial charge in [-0.3, -0.25) is 9.80 Å². The number of hydrogen-bond acceptors (Lipinski definition) is 3. The van der Waals surface area contributed by atoms with E-state index >= 15 is 0 Å². The minimum absolute atomic E-state index is 0.419. The van der Waals surface area contributed by atoms with Crippen LogP contribution in [-0.4, -0.2) is 24.0 Å². The Balaban J connectivity index is 1.85. The second-order valence-electron chi connectivity index (χ2n) is 5.88. The van der Waals surface area contributed by atoms with E-state index in [1.165, 1.54) is 6.42 Å². The second kappa shape index (κ2) is 8.11. The summed E-state index contributed by atoms with van der Waals surface area (Å²) in [4.78, 5) is 11.5. The summed E-state index contributed by atoms with van der Waals surface area (Å²) in [5, 5.41) is 10.7. The van der Waals surface area contributed by atoms with E-state index in [0.29, 0.717) is 11.1 Å². The molecule has 1 saturated heterocycles. The highest BCUT2D eigenvalue weighted by Gasteiger charge is 2.08. The van der Waals surface area contributed by atoms with E-state index in [-0.39, 0.29) is 0 Å². The first-order chi connectivity index (χ1) is 12.2. The van der Waals surface area contributed by atoms with Gasteiger partial charge in [0.15, 0.2) is 0 Å². The molecule has 5 heteroatoms. The molecule has 0 radical (unpaired) electrons. The van der Waals surface area contributed by atoms with E-state index in [2.05, 4.69) is 22.2 Å². The van der Waals surface area contributed by atoms with E-state index in [9.17, 15) is 4.79 Å². The molecule has 0 atom stereocenters. The van der Waals surface area contributed by atoms with Gasteiger partial charge in [0.1, 0.15) is 5.69 Å². The van der Waals surface area contributed by atoms with Crippen LogP contribution in [0.3, 0.4) is 0 Å². The molecule has 2 aromatic rings. The summed E-state index contributed by atoms with van der Waals surface area (Å²) in [5.41, 5.74) is 7.91. The number of piperidine rings is 1. The third-order valence-corrected chi connectivity index (χ3v) is 4.04. The standard InChI is InChI=1S/C20H20N4O/c21-20(25)18-10-4-2-8-16(18)12-13-17-9-3-5-11-19(17)22-23-24-14-6-1-7-15-24/h2-5,8-11H,1,6-7,14-15H2,(H2,21,25)/b23-22+. The minimum atomic E-state index is -0.483. The molecular weight excluding hydrogens is 312 g/mol. The number of carbonyl (C=O) groups is 1. The van der Waals surface area contributed by atoms with Crippen molar-refractivity contribution in [2.45, 2.75) is 19.3 Å². The molecule has 1 fully saturated rings. The summed E-state index contributed by atoms with van der Waals surface area (Å²) >= 11 is 0. The summed E-state index contributed by atoms with van der Waals surface area (Å²) in [7, 11) is 0. The first-order valence-electron chi connectivity index (χ1n) is 8.40. The predicted molar refractivity (Wildman–Crippen MR) is 97.3 cm³/mol. The molecule has 1 heterocycles. The molecule has 2 aromatic carbocycles. The number of hydrogen-bond donors (Lipinski definition) is 1. The first kappa shape index (κ1) is 16.7. The van der Waals surface area contributed by atoms with Gasteiger partial charge in [-0.2, -0.15) is 0 Å². The van der Waals surface area contributed by atoms with Crippen LogP contribution < -0.4 is 5.73 Å². The molecule has 3 rings (SSSR count). The Bertz CT molecular complexity index is 842. The summed E-state index contributed by atoms with van der Waals surface area (Å²) < 4.78 is 0. The molecular formula is C20H20N4O. The molecule has 0 aliphatic carbocycles. The van der Waals surface area contributed by atoms with Gasteiger partial charge in [0, 0.05) is 18.7 Å². The number of benzene rings is 2. The molecule has 0 bridgehead atoms. The summed E-state index contributed by atoms with van der Waals surface area (Å²) in [6.07, 6.45) is 3.57. The van der Waals surface area contributed by atoms with Crippen molar-refractivity contribution in [3.63, 3.8) is 0 Å². The lowest BCUT2D eigenvalue weighted by atomic mass is 10.1. The SMILES string of the molecule is NC(=O)c1ccccc1C#Cc1ccccc1/N=N/N1CCCCC1. The van der Waals surface area contributed by atoms with Gasteiger partial charge < -0.3 is 5.73 Å². The minimum Gasteiger partial charge on any atom is -0.366 e. The fourth-order valence-electron chi connectivity index (χ4n) is 2.69. The van der Waals surface area contributed by atoms with Gasteiger partial charge >= 0.3 is 0 Å². The smallest absolute Gasteiger partial charge is 0.249 e. The molecule has 5 nitrogen and oxygen atoms in total. The van der Waals surface area contributed by atoms with Crippen molar-refractivity contribution in [1.29, 1.82) is 0 Å². The number of primary amides is 1. The number of amides is 1. The van der Waals surface area contributed by atoms with Crippen LogP contribution in [0.25, 0.3) is 0 Å². The Hall–Kier alpha value is -3.13. The van der Waals surface area contributed by atoms with Crippen LogP contribution >= 0.6 is 0 Å². The third-order valence-electron chi connectivity index (χ3n) is 4.04. The van der Waals surface area contributed by atoms with Gasteiger partial charge in [0.25, 0.3) is 0 Å². The zero-order valence-electron chi connectivity index (χ0n) is 14.0. The van der Waals surface area contributed by atoms with E-state index in [0.717, 1.165) is 37.2 Å². The van der Waals surface area contributed by atoms with Crippen LogP contribution in [0.1, 0.15) is 40.7 Å². The number of rotatable bonds is 3. The molecule has 2 N–H and O–H groups in total. The van der Waals surface area contributed by atoms with Crippen molar-refractivity contribution in [1.82, 2.24) is 5.01 Å². The van der Waals surface area contributed by atoms with E-state index in [4.69, 9.17) is 5.73 Å². The molecule has 0 unspecified atom stereocenters. The highest BCUT2D eigenvalue weighted by atomic mass is 16.1. The van der Waals surface area contributed by atoms with Crippen LogP contribution in [0, 0.1) is 11.8 Å². The largest absolute Gasteiger partial charge is 0.366 e. The maximum absolute atomic E-state index is 11.5. The highest BCUT2D eigenvalue weighted by molar-refractivity contribution is 5.95. The molecule has 1 amide bonds. The molecule has 25 heavy (non-hydrogen) atoms. The lowest BCUT2D eigenvalue weighted by molar-refractivity contribution is 0.1000. The predicted octanol–water partition coefficient (Wildman–Crippen LogP) is 3.67. The Kier molecular flexibility index (Phi) is 5.43. The van der Waals surface area contributed by atoms with Crippen molar-refractivity contribution in [3.8, 4) is 11.8 Å². The lowest BCUT2D eigenvalue weighted by Gasteiger charge is -2.21. The zero-order chi connectivity index (χ0) is 17.5. The summed E-state index contributed by atoms with van der Waals surface area (Å²) in [5.74, 6) is 5.62. The monoisotopic (exact) mass is 332 g/mol. The Morgan fingerprint density at radius 3 is 2.32 bits per heavy atom. The van der Waals surface area contributed by atoms with Crippen molar-refractivity contribution in [3.05, 3.63) is 65.2 Å². The van der Waals surface area contributed by atoms with Crippen molar-refractivity contribution < 1.29 is 4.79 Å². The van der Waals surface area contributed by atoms with Crippen LogP contribution in [0.4, 0.5) is 5.69 Å². The Morgan fingerprint density at radius 1 is 0.920 bits per heavy atom. The summed E-state index contributed by atoms with van der Waals surface area (Å²) in [6, 6.07) is 14.7. The van der Waals surface area contributed by atoms with Gasteiger partial charge in [-0.15, -0.1) is 5.11 Å². The lowest BCUT2D eigenvalue weighted by Crippen LogP contribution is -2.23. The zero-order valence-corrected chi connectivity index (χ0v) is 14.0. The Morgan fingerprint density at radius 2 is 1.56 bits per heavy atom. The Labute approximate surface area is 147 Å². The topological polar surface area (TPSA) is 71.0 Å². The molecule has 1 aliphatic heterocycles. The molecule has 1 aliphatic rings. The first-order valence-corrected chi connectivity index (χ1v) is 8.40. The third kappa shape index (κ3) is 4.45. The fourth-order valence-corrected chi connectivity index (χ4v) is 2.69. The average Bonchev–Trinajstić information content (AvgIpc) is 2.66. The molecule has 0 spiro atoms. The summed E-state index contributed by atoms with van der Waals surface area (Å²) in [6.45, 7) is 1.90. The molecule has 126 valence electrons. The van der Waals surface area contributed by atoms with Gasteiger partial charge in [-0.25, -0.2) is 0 Å².